The summed E-state index contributed by atoms with van der Waals surface area (Å²) in [7, 11) is 0. The van der Waals surface area contributed by atoms with Crippen molar-refractivity contribution < 1.29 is 5.11 Å². The Morgan fingerprint density at radius 1 is 1.25 bits per heavy atom. The first-order valence-corrected chi connectivity index (χ1v) is 8.35. The van der Waals surface area contributed by atoms with E-state index in [-0.39, 0.29) is 11.5 Å². The van der Waals surface area contributed by atoms with E-state index in [9.17, 15) is 5.11 Å². The Kier molecular flexibility index (Phi) is 3.70. The fourth-order valence-corrected chi connectivity index (χ4v) is 4.38. The lowest BCUT2D eigenvalue weighted by Crippen LogP contribution is -2.29. The van der Waals surface area contributed by atoms with E-state index in [2.05, 4.69) is 37.6 Å². The Balaban J connectivity index is 1.88. The van der Waals surface area contributed by atoms with Gasteiger partial charge in [-0.05, 0) is 50.0 Å². The summed E-state index contributed by atoms with van der Waals surface area (Å²) in [6.07, 6.45) is 10.9. The van der Waals surface area contributed by atoms with Gasteiger partial charge in [0.15, 0.2) is 0 Å². The van der Waals surface area contributed by atoms with Crippen LogP contribution in [0.1, 0.15) is 82.7 Å². The fraction of sp³-hybridized carbons (Fsp3) is 0.778. The van der Waals surface area contributed by atoms with E-state index in [4.69, 9.17) is 0 Å². The first-order chi connectivity index (χ1) is 9.48. The molecule has 0 radical (unpaired) electrons. The Bertz CT molecular complexity index is 468. The Morgan fingerprint density at radius 3 is 2.65 bits per heavy atom. The number of nitrogens with zero attached hydrogens (tertiary/aromatic N) is 1. The average Bonchev–Trinajstić information content (AvgIpc) is 2.81. The highest BCUT2D eigenvalue weighted by Crippen LogP contribution is 2.43. The van der Waals surface area contributed by atoms with Crippen molar-refractivity contribution in [2.75, 3.05) is 0 Å². The van der Waals surface area contributed by atoms with E-state index in [1.807, 2.05) is 0 Å². The van der Waals surface area contributed by atoms with Crippen molar-refractivity contribution in [2.45, 2.75) is 77.9 Å². The summed E-state index contributed by atoms with van der Waals surface area (Å²) in [6, 6.07) is 2.74. The molecule has 2 nitrogen and oxygen atoms in total. The molecule has 1 fully saturated rings. The lowest BCUT2D eigenvalue weighted by atomic mass is 9.75. The number of rotatable bonds is 2. The molecule has 20 heavy (non-hydrogen) atoms. The number of hydrogen-bond donors (Lipinski definition) is 1. The number of aliphatic hydroxyl groups is 1. The molecule has 2 heteroatoms. The van der Waals surface area contributed by atoms with E-state index in [0.29, 0.717) is 6.04 Å². The van der Waals surface area contributed by atoms with Gasteiger partial charge in [-0.1, -0.05) is 33.1 Å². The van der Waals surface area contributed by atoms with E-state index in [0.717, 1.165) is 18.8 Å². The molecule has 1 aromatic heterocycles. The van der Waals surface area contributed by atoms with Gasteiger partial charge in [-0.2, -0.15) is 0 Å². The minimum atomic E-state index is -0.270. The standard InChI is InChI=1S/C18H29NO/c1-13(14-7-5-4-6-8-14)19-10-9-15-16(19)11-18(2,3)12-17(15)20/h9-10,13-14,17,20H,4-8,11-12H2,1-3H3. The maximum absolute atomic E-state index is 10.4. The third-order valence-electron chi connectivity index (χ3n) is 5.58. The van der Waals surface area contributed by atoms with Gasteiger partial charge in [-0.15, -0.1) is 0 Å². The molecule has 1 saturated carbocycles. The second kappa shape index (κ2) is 5.22. The van der Waals surface area contributed by atoms with Gasteiger partial charge in [0.25, 0.3) is 0 Å². The van der Waals surface area contributed by atoms with Crippen LogP contribution in [-0.2, 0) is 6.42 Å². The molecule has 3 rings (SSSR count). The number of aromatic nitrogens is 1. The average molecular weight is 275 g/mol. The van der Waals surface area contributed by atoms with Crippen LogP contribution in [0.5, 0.6) is 0 Å². The number of fused-ring (bicyclic) bond motifs is 1. The summed E-state index contributed by atoms with van der Waals surface area (Å²) < 4.78 is 2.48. The van der Waals surface area contributed by atoms with Crippen LogP contribution >= 0.6 is 0 Å². The van der Waals surface area contributed by atoms with Crippen LogP contribution in [-0.4, -0.2) is 9.67 Å². The van der Waals surface area contributed by atoms with Crippen molar-refractivity contribution in [3.05, 3.63) is 23.5 Å². The van der Waals surface area contributed by atoms with Crippen LogP contribution in [0.2, 0.25) is 0 Å². The topological polar surface area (TPSA) is 25.2 Å². The van der Waals surface area contributed by atoms with Crippen LogP contribution in [0.25, 0.3) is 0 Å². The Morgan fingerprint density at radius 2 is 1.95 bits per heavy atom. The fourth-order valence-electron chi connectivity index (χ4n) is 4.38. The molecular weight excluding hydrogens is 246 g/mol. The highest BCUT2D eigenvalue weighted by atomic mass is 16.3. The predicted octanol–water partition coefficient (Wildman–Crippen LogP) is 4.64. The largest absolute Gasteiger partial charge is 0.388 e. The molecule has 2 aliphatic rings. The highest BCUT2D eigenvalue weighted by Gasteiger charge is 2.34. The van der Waals surface area contributed by atoms with Crippen LogP contribution in [0, 0.1) is 11.3 Å². The second-order valence-corrected chi connectivity index (χ2v) is 7.82. The van der Waals surface area contributed by atoms with Crippen molar-refractivity contribution in [3.8, 4) is 0 Å². The van der Waals surface area contributed by atoms with Crippen molar-refractivity contribution in [3.63, 3.8) is 0 Å². The zero-order valence-corrected chi connectivity index (χ0v) is 13.2. The lowest BCUT2D eigenvalue weighted by Gasteiger charge is -2.36. The molecule has 1 heterocycles. The number of hydrogen-bond acceptors (Lipinski definition) is 1. The van der Waals surface area contributed by atoms with E-state index < -0.39 is 0 Å². The van der Waals surface area contributed by atoms with Crippen molar-refractivity contribution >= 4 is 0 Å². The molecule has 1 N–H and O–H groups in total. The normalized spacial score (nSPS) is 28.1. The maximum atomic E-state index is 10.4. The molecule has 1 aromatic rings. The highest BCUT2D eigenvalue weighted by molar-refractivity contribution is 5.29. The SMILES string of the molecule is CC(C1CCCCC1)n1ccc2c1CC(C)(C)CC2O. The molecule has 112 valence electrons. The summed E-state index contributed by atoms with van der Waals surface area (Å²) in [5.74, 6) is 0.822. The summed E-state index contributed by atoms with van der Waals surface area (Å²) >= 11 is 0. The third-order valence-corrected chi connectivity index (χ3v) is 5.58. The minimum absolute atomic E-state index is 0.217. The van der Waals surface area contributed by atoms with E-state index in [1.54, 1.807) is 0 Å². The maximum Gasteiger partial charge on any atom is 0.0812 e. The number of aliphatic hydroxyl groups excluding tert-OH is 1. The smallest absolute Gasteiger partial charge is 0.0812 e. The monoisotopic (exact) mass is 275 g/mol. The molecule has 2 unspecified atom stereocenters. The van der Waals surface area contributed by atoms with Crippen LogP contribution in [0.4, 0.5) is 0 Å². The van der Waals surface area contributed by atoms with Gasteiger partial charge in [0.2, 0.25) is 0 Å². The molecule has 2 aliphatic carbocycles. The van der Waals surface area contributed by atoms with Gasteiger partial charge < -0.3 is 9.67 Å². The molecule has 0 aliphatic heterocycles. The first kappa shape index (κ1) is 14.2. The predicted molar refractivity (Wildman–Crippen MR) is 82.8 cm³/mol. The van der Waals surface area contributed by atoms with E-state index >= 15 is 0 Å². The molecule has 0 aromatic carbocycles. The van der Waals surface area contributed by atoms with Gasteiger partial charge in [0.05, 0.1) is 6.10 Å². The molecule has 0 bridgehead atoms. The second-order valence-electron chi connectivity index (χ2n) is 7.82. The molecule has 0 spiro atoms. The summed E-state index contributed by atoms with van der Waals surface area (Å²) in [5.41, 5.74) is 2.80. The molecular formula is C18H29NO. The van der Waals surface area contributed by atoms with Crippen LogP contribution in [0.3, 0.4) is 0 Å². The summed E-state index contributed by atoms with van der Waals surface area (Å²) in [4.78, 5) is 0. The minimum Gasteiger partial charge on any atom is -0.388 e. The summed E-state index contributed by atoms with van der Waals surface area (Å²) in [5, 5.41) is 10.4. The van der Waals surface area contributed by atoms with Gasteiger partial charge in [0.1, 0.15) is 0 Å². The molecule has 2 atom stereocenters. The van der Waals surface area contributed by atoms with Gasteiger partial charge >= 0.3 is 0 Å². The van der Waals surface area contributed by atoms with Gasteiger partial charge in [0, 0.05) is 23.5 Å². The first-order valence-electron chi connectivity index (χ1n) is 8.35. The quantitative estimate of drug-likeness (QED) is 0.836. The van der Waals surface area contributed by atoms with Gasteiger partial charge in [-0.3, -0.25) is 0 Å². The van der Waals surface area contributed by atoms with Crippen LogP contribution < -0.4 is 0 Å². The van der Waals surface area contributed by atoms with Crippen LogP contribution in [0.15, 0.2) is 12.3 Å². The Hall–Kier alpha value is -0.760. The van der Waals surface area contributed by atoms with Crippen molar-refractivity contribution in [2.24, 2.45) is 11.3 Å². The third kappa shape index (κ3) is 2.55. The van der Waals surface area contributed by atoms with Gasteiger partial charge in [-0.25, -0.2) is 0 Å². The van der Waals surface area contributed by atoms with Crippen molar-refractivity contribution in [1.82, 2.24) is 4.57 Å². The summed E-state index contributed by atoms with van der Waals surface area (Å²) in [6.45, 7) is 6.94. The van der Waals surface area contributed by atoms with Crippen molar-refractivity contribution in [1.29, 1.82) is 0 Å². The zero-order chi connectivity index (χ0) is 14.3. The molecule has 0 saturated heterocycles. The zero-order valence-electron chi connectivity index (χ0n) is 13.2. The van der Waals surface area contributed by atoms with E-state index in [1.165, 1.54) is 43.4 Å². The molecule has 0 amide bonds. The Labute approximate surface area is 123 Å². The lowest BCUT2D eigenvalue weighted by molar-refractivity contribution is 0.0966.